The molecule has 1 fully saturated rings. The zero-order valence-electron chi connectivity index (χ0n) is 13.4. The van der Waals surface area contributed by atoms with Crippen LogP contribution in [0, 0.1) is 11.8 Å². The maximum absolute atomic E-state index is 5.75. The summed E-state index contributed by atoms with van der Waals surface area (Å²) in [5.41, 5.74) is 1.69. The molecule has 21 heavy (non-hydrogen) atoms. The van der Waals surface area contributed by atoms with Crippen LogP contribution in [0.5, 0.6) is 11.5 Å². The van der Waals surface area contributed by atoms with E-state index in [1.165, 1.54) is 18.4 Å². The third-order valence-electron chi connectivity index (χ3n) is 4.65. The van der Waals surface area contributed by atoms with Crippen LogP contribution in [0.1, 0.15) is 39.2 Å². The van der Waals surface area contributed by atoms with Crippen LogP contribution < -0.4 is 14.8 Å². The number of hydrogen-bond donors (Lipinski definition) is 1. The quantitative estimate of drug-likeness (QED) is 0.901. The Morgan fingerprint density at radius 1 is 1.19 bits per heavy atom. The molecular formula is C18H27NO2. The Kier molecular flexibility index (Phi) is 4.12. The Hall–Kier alpha value is -1.22. The zero-order valence-corrected chi connectivity index (χ0v) is 13.4. The fourth-order valence-electron chi connectivity index (χ4n) is 3.73. The van der Waals surface area contributed by atoms with Crippen molar-refractivity contribution in [3.05, 3.63) is 23.8 Å². The van der Waals surface area contributed by atoms with Gasteiger partial charge in [-0.2, -0.15) is 0 Å². The van der Waals surface area contributed by atoms with Gasteiger partial charge in [0.25, 0.3) is 0 Å². The van der Waals surface area contributed by atoms with E-state index in [-0.39, 0.29) is 5.41 Å². The van der Waals surface area contributed by atoms with Crippen molar-refractivity contribution in [1.82, 2.24) is 5.32 Å². The van der Waals surface area contributed by atoms with Crippen LogP contribution in [-0.2, 0) is 5.41 Å². The van der Waals surface area contributed by atoms with Crippen molar-refractivity contribution in [2.24, 2.45) is 11.8 Å². The number of hydrogen-bond acceptors (Lipinski definition) is 3. The third kappa shape index (κ3) is 3.03. The van der Waals surface area contributed by atoms with Crippen molar-refractivity contribution in [3.8, 4) is 11.5 Å². The van der Waals surface area contributed by atoms with E-state index in [0.29, 0.717) is 19.1 Å². The van der Waals surface area contributed by atoms with E-state index in [2.05, 4.69) is 44.3 Å². The van der Waals surface area contributed by atoms with Gasteiger partial charge in [0.15, 0.2) is 11.5 Å². The second kappa shape index (κ2) is 5.88. The molecule has 1 N–H and O–H groups in total. The molecule has 1 heterocycles. The Labute approximate surface area is 128 Å². The predicted molar refractivity (Wildman–Crippen MR) is 85.2 cm³/mol. The van der Waals surface area contributed by atoms with Crippen molar-refractivity contribution in [3.63, 3.8) is 0 Å². The molecule has 1 saturated carbocycles. The number of rotatable bonds is 5. The van der Waals surface area contributed by atoms with E-state index in [0.717, 1.165) is 30.5 Å². The highest BCUT2D eigenvalue weighted by Crippen LogP contribution is 2.49. The summed E-state index contributed by atoms with van der Waals surface area (Å²) in [6.07, 6.45) is 2.52. The fourth-order valence-corrected chi connectivity index (χ4v) is 3.73. The lowest BCUT2D eigenvalue weighted by Crippen LogP contribution is -2.48. The van der Waals surface area contributed by atoms with Crippen LogP contribution in [0.15, 0.2) is 18.2 Å². The highest BCUT2D eigenvalue weighted by Gasteiger charge is 2.43. The van der Waals surface area contributed by atoms with Crippen LogP contribution >= 0.6 is 0 Å². The average molecular weight is 289 g/mol. The molecule has 0 bridgehead atoms. The van der Waals surface area contributed by atoms with Gasteiger partial charge in [0, 0.05) is 12.0 Å². The van der Waals surface area contributed by atoms with Crippen molar-refractivity contribution in [2.75, 3.05) is 26.3 Å². The maximum Gasteiger partial charge on any atom is 0.161 e. The first-order valence-electron chi connectivity index (χ1n) is 8.20. The van der Waals surface area contributed by atoms with Crippen LogP contribution in [0.2, 0.25) is 0 Å². The Balaban J connectivity index is 1.77. The lowest BCUT2D eigenvalue weighted by atomic mass is 9.59. The third-order valence-corrected chi connectivity index (χ3v) is 4.65. The van der Waals surface area contributed by atoms with Gasteiger partial charge >= 0.3 is 0 Å². The van der Waals surface area contributed by atoms with Gasteiger partial charge < -0.3 is 14.8 Å². The molecule has 3 heteroatoms. The summed E-state index contributed by atoms with van der Waals surface area (Å²) < 4.78 is 11.4. The Morgan fingerprint density at radius 2 is 1.90 bits per heavy atom. The minimum atomic E-state index is 0.282. The summed E-state index contributed by atoms with van der Waals surface area (Å²) in [4.78, 5) is 0. The summed E-state index contributed by atoms with van der Waals surface area (Å²) in [5, 5.41) is 3.65. The van der Waals surface area contributed by atoms with Crippen LogP contribution in [0.25, 0.3) is 0 Å². The smallest absolute Gasteiger partial charge is 0.161 e. The topological polar surface area (TPSA) is 30.5 Å². The molecule has 0 amide bonds. The van der Waals surface area contributed by atoms with E-state index < -0.39 is 0 Å². The summed E-state index contributed by atoms with van der Waals surface area (Å²) in [6, 6.07) is 6.52. The number of ether oxygens (including phenoxy) is 2. The second-order valence-electron chi connectivity index (χ2n) is 7.18. The molecule has 0 radical (unpaired) electrons. The minimum absolute atomic E-state index is 0.282. The predicted octanol–water partition coefficient (Wildman–Crippen LogP) is 3.37. The molecule has 0 saturated heterocycles. The van der Waals surface area contributed by atoms with E-state index in [1.54, 1.807) is 0 Å². The monoisotopic (exact) mass is 289 g/mol. The molecular weight excluding hydrogens is 262 g/mol. The fraction of sp³-hybridized carbons (Fsp3) is 0.667. The standard InChI is InChI=1S/C18H27NO2/c1-13(2)11-19-12-18(9-14(3)10-18)15-4-5-16-17(8-15)21-7-6-20-16/h4-5,8,13-14,19H,6-7,9-12H2,1-3H3. The highest BCUT2D eigenvalue weighted by molar-refractivity contribution is 5.47. The molecule has 0 atom stereocenters. The minimum Gasteiger partial charge on any atom is -0.486 e. The molecule has 1 aliphatic heterocycles. The largest absolute Gasteiger partial charge is 0.486 e. The van der Waals surface area contributed by atoms with Gasteiger partial charge in [-0.25, -0.2) is 0 Å². The van der Waals surface area contributed by atoms with Crippen molar-refractivity contribution in [1.29, 1.82) is 0 Å². The lowest BCUT2D eigenvalue weighted by molar-refractivity contribution is 0.147. The molecule has 116 valence electrons. The molecule has 3 nitrogen and oxygen atoms in total. The number of benzene rings is 1. The molecule has 1 aromatic rings. The van der Waals surface area contributed by atoms with Gasteiger partial charge in [-0.1, -0.05) is 26.8 Å². The van der Waals surface area contributed by atoms with Gasteiger partial charge in [0.1, 0.15) is 13.2 Å². The molecule has 3 rings (SSSR count). The van der Waals surface area contributed by atoms with E-state index in [9.17, 15) is 0 Å². The summed E-state index contributed by atoms with van der Waals surface area (Å²) in [7, 11) is 0. The van der Waals surface area contributed by atoms with Gasteiger partial charge in [-0.05, 0) is 48.9 Å². The normalized spacial score (nSPS) is 27.5. The molecule has 0 aromatic heterocycles. The summed E-state index contributed by atoms with van der Waals surface area (Å²) in [5.74, 6) is 3.32. The van der Waals surface area contributed by atoms with Gasteiger partial charge in [-0.3, -0.25) is 0 Å². The van der Waals surface area contributed by atoms with Crippen molar-refractivity contribution in [2.45, 2.75) is 39.0 Å². The molecule has 0 spiro atoms. The van der Waals surface area contributed by atoms with E-state index in [4.69, 9.17) is 9.47 Å². The van der Waals surface area contributed by atoms with Crippen molar-refractivity contribution >= 4 is 0 Å². The van der Waals surface area contributed by atoms with Gasteiger partial charge in [0.05, 0.1) is 0 Å². The number of fused-ring (bicyclic) bond motifs is 1. The summed E-state index contributed by atoms with van der Waals surface area (Å²) >= 11 is 0. The summed E-state index contributed by atoms with van der Waals surface area (Å²) in [6.45, 7) is 10.3. The van der Waals surface area contributed by atoms with Crippen LogP contribution in [-0.4, -0.2) is 26.3 Å². The zero-order chi connectivity index (χ0) is 14.9. The Morgan fingerprint density at radius 3 is 2.57 bits per heavy atom. The SMILES string of the molecule is CC(C)CNCC1(c2ccc3c(c2)OCCO3)CC(C)C1. The Bertz CT molecular complexity index is 492. The van der Waals surface area contributed by atoms with E-state index >= 15 is 0 Å². The molecule has 2 aliphatic rings. The molecule has 1 aliphatic carbocycles. The molecule has 0 unspecified atom stereocenters. The first kappa shape index (κ1) is 14.7. The first-order valence-corrected chi connectivity index (χ1v) is 8.20. The van der Waals surface area contributed by atoms with Gasteiger partial charge in [-0.15, -0.1) is 0 Å². The van der Waals surface area contributed by atoms with Crippen LogP contribution in [0.4, 0.5) is 0 Å². The molecule has 1 aromatic carbocycles. The second-order valence-corrected chi connectivity index (χ2v) is 7.18. The number of nitrogens with one attached hydrogen (secondary N) is 1. The highest BCUT2D eigenvalue weighted by atomic mass is 16.6. The van der Waals surface area contributed by atoms with Crippen molar-refractivity contribution < 1.29 is 9.47 Å². The first-order chi connectivity index (χ1) is 10.1. The van der Waals surface area contributed by atoms with E-state index in [1.807, 2.05) is 0 Å². The lowest BCUT2D eigenvalue weighted by Gasteiger charge is -2.47. The van der Waals surface area contributed by atoms with Crippen LogP contribution in [0.3, 0.4) is 0 Å². The average Bonchev–Trinajstić information content (AvgIpc) is 2.44. The maximum atomic E-state index is 5.75. The van der Waals surface area contributed by atoms with Gasteiger partial charge in [0.2, 0.25) is 0 Å².